The highest BCUT2D eigenvalue weighted by Crippen LogP contribution is 2.29. The molecule has 3 nitrogen and oxygen atoms in total. The number of methoxy groups -OCH3 is 1. The molecule has 0 atom stereocenters. The third-order valence-electron chi connectivity index (χ3n) is 2.67. The van der Waals surface area contributed by atoms with Gasteiger partial charge >= 0.3 is 0 Å². The molecule has 0 N–H and O–H groups in total. The molecule has 18 heavy (non-hydrogen) atoms. The van der Waals surface area contributed by atoms with Crippen molar-refractivity contribution in [1.29, 1.82) is 5.26 Å². The van der Waals surface area contributed by atoms with Gasteiger partial charge in [-0.2, -0.15) is 5.26 Å². The van der Waals surface area contributed by atoms with Crippen molar-refractivity contribution >= 4 is 11.6 Å². The summed E-state index contributed by atoms with van der Waals surface area (Å²) in [6.45, 7) is 4.26. The van der Waals surface area contributed by atoms with Gasteiger partial charge < -0.3 is 9.47 Å². The van der Waals surface area contributed by atoms with E-state index in [1.54, 1.807) is 7.11 Å². The zero-order valence-electron chi connectivity index (χ0n) is 11.0. The van der Waals surface area contributed by atoms with E-state index in [2.05, 4.69) is 6.07 Å². The van der Waals surface area contributed by atoms with E-state index in [1.807, 2.05) is 32.0 Å². The minimum atomic E-state index is -0.378. The van der Waals surface area contributed by atoms with Gasteiger partial charge in [0.05, 0.1) is 25.2 Å². The second kappa shape index (κ2) is 6.51. The first-order valence-corrected chi connectivity index (χ1v) is 6.33. The Morgan fingerprint density at radius 3 is 2.61 bits per heavy atom. The van der Waals surface area contributed by atoms with Crippen LogP contribution in [-0.4, -0.2) is 13.7 Å². The van der Waals surface area contributed by atoms with Gasteiger partial charge in [-0.15, -0.1) is 11.6 Å². The highest BCUT2D eigenvalue weighted by molar-refractivity contribution is 6.17. The van der Waals surface area contributed by atoms with E-state index in [-0.39, 0.29) is 5.41 Å². The summed E-state index contributed by atoms with van der Waals surface area (Å²) in [6, 6.07) is 7.85. The molecule has 0 heterocycles. The first kappa shape index (κ1) is 14.7. The highest BCUT2D eigenvalue weighted by atomic mass is 35.5. The lowest BCUT2D eigenvalue weighted by molar-refractivity contribution is 0.252. The fraction of sp³-hybridized carbons (Fsp3) is 0.500. The Hall–Kier alpha value is -1.40. The molecule has 0 saturated carbocycles. The summed E-state index contributed by atoms with van der Waals surface area (Å²) in [5, 5.41) is 8.93. The minimum absolute atomic E-state index is 0.378. The lowest BCUT2D eigenvalue weighted by Crippen LogP contribution is -2.13. The lowest BCUT2D eigenvalue weighted by atomic mass is 9.92. The van der Waals surface area contributed by atoms with Crippen LogP contribution in [0.15, 0.2) is 18.2 Å². The number of alkyl halides is 1. The molecule has 98 valence electrons. The Morgan fingerprint density at radius 2 is 2.06 bits per heavy atom. The molecule has 0 aromatic heterocycles. The van der Waals surface area contributed by atoms with Gasteiger partial charge in [0.1, 0.15) is 0 Å². The predicted molar refractivity (Wildman–Crippen MR) is 72.1 cm³/mol. The van der Waals surface area contributed by atoms with E-state index in [1.165, 1.54) is 0 Å². The normalized spacial score (nSPS) is 10.8. The fourth-order valence-electron chi connectivity index (χ4n) is 1.39. The molecule has 0 aliphatic heterocycles. The van der Waals surface area contributed by atoms with Crippen molar-refractivity contribution in [3.8, 4) is 17.6 Å². The molecule has 0 unspecified atom stereocenters. The van der Waals surface area contributed by atoms with Crippen LogP contribution in [0.25, 0.3) is 0 Å². The Morgan fingerprint density at radius 1 is 1.33 bits per heavy atom. The number of hydrogen-bond donors (Lipinski definition) is 0. The molecule has 4 heteroatoms. The summed E-state index contributed by atoms with van der Waals surface area (Å²) >= 11 is 5.78. The van der Waals surface area contributed by atoms with Crippen LogP contribution in [0.1, 0.15) is 25.8 Å². The van der Waals surface area contributed by atoms with Crippen LogP contribution < -0.4 is 9.47 Å². The largest absolute Gasteiger partial charge is 0.493 e. The molecule has 1 aromatic carbocycles. The predicted octanol–water partition coefficient (Wildman–Crippen LogP) is 3.75. The summed E-state index contributed by atoms with van der Waals surface area (Å²) < 4.78 is 10.9. The molecule has 0 aliphatic rings. The maximum absolute atomic E-state index is 8.93. The van der Waals surface area contributed by atoms with Gasteiger partial charge in [-0.1, -0.05) is 6.07 Å². The summed E-state index contributed by atoms with van der Waals surface area (Å²) in [7, 11) is 1.60. The molecule has 1 rings (SSSR count). The van der Waals surface area contributed by atoms with Crippen LogP contribution in [0.4, 0.5) is 0 Å². The molecule has 0 bridgehead atoms. The van der Waals surface area contributed by atoms with E-state index in [0.29, 0.717) is 30.4 Å². The Kier molecular flexibility index (Phi) is 5.30. The number of rotatable bonds is 6. The van der Waals surface area contributed by atoms with E-state index in [4.69, 9.17) is 26.3 Å². The van der Waals surface area contributed by atoms with Crippen molar-refractivity contribution in [3.05, 3.63) is 23.8 Å². The molecule has 0 saturated heterocycles. The van der Waals surface area contributed by atoms with Gasteiger partial charge in [0.25, 0.3) is 0 Å². The van der Waals surface area contributed by atoms with Crippen molar-refractivity contribution in [1.82, 2.24) is 0 Å². The van der Waals surface area contributed by atoms with E-state index < -0.39 is 0 Å². The average molecular weight is 268 g/mol. The van der Waals surface area contributed by atoms with Gasteiger partial charge in [0, 0.05) is 5.88 Å². The molecule has 0 radical (unpaired) electrons. The molecular weight excluding hydrogens is 250 g/mol. The molecular formula is C14H18ClNO2. The SMILES string of the molecule is COc1ccc(CCl)cc1OCCC(C)(C)C#N. The number of nitriles is 1. The Bertz CT molecular complexity index is 438. The zero-order valence-corrected chi connectivity index (χ0v) is 11.8. The van der Waals surface area contributed by atoms with Crippen LogP contribution in [0.2, 0.25) is 0 Å². The molecule has 0 amide bonds. The molecule has 0 aliphatic carbocycles. The maximum atomic E-state index is 8.93. The number of halogens is 1. The van der Waals surface area contributed by atoms with Crippen LogP contribution in [0.3, 0.4) is 0 Å². The standard InChI is InChI=1S/C14H18ClNO2/c1-14(2,10-16)6-7-18-13-8-11(9-15)4-5-12(13)17-3/h4-5,8H,6-7,9H2,1-3H3. The van der Waals surface area contributed by atoms with Crippen molar-refractivity contribution in [2.24, 2.45) is 5.41 Å². The zero-order chi connectivity index (χ0) is 13.6. The third kappa shape index (κ3) is 4.12. The van der Waals surface area contributed by atoms with Crippen LogP contribution in [-0.2, 0) is 5.88 Å². The third-order valence-corrected chi connectivity index (χ3v) is 2.98. The van der Waals surface area contributed by atoms with Gasteiger partial charge in [-0.25, -0.2) is 0 Å². The monoisotopic (exact) mass is 267 g/mol. The van der Waals surface area contributed by atoms with Crippen molar-refractivity contribution in [2.45, 2.75) is 26.1 Å². The van der Waals surface area contributed by atoms with Crippen LogP contribution in [0, 0.1) is 16.7 Å². The Balaban J connectivity index is 2.69. The van der Waals surface area contributed by atoms with E-state index in [9.17, 15) is 0 Å². The van der Waals surface area contributed by atoms with Gasteiger partial charge in [0.2, 0.25) is 0 Å². The average Bonchev–Trinajstić information content (AvgIpc) is 2.38. The fourth-order valence-corrected chi connectivity index (χ4v) is 1.56. The summed E-state index contributed by atoms with van der Waals surface area (Å²) in [5.41, 5.74) is 0.601. The maximum Gasteiger partial charge on any atom is 0.161 e. The first-order chi connectivity index (χ1) is 8.52. The van der Waals surface area contributed by atoms with Crippen LogP contribution in [0.5, 0.6) is 11.5 Å². The number of ether oxygens (including phenoxy) is 2. The van der Waals surface area contributed by atoms with Crippen molar-refractivity contribution < 1.29 is 9.47 Å². The minimum Gasteiger partial charge on any atom is -0.493 e. The Labute approximate surface area is 113 Å². The van der Waals surface area contributed by atoms with Gasteiger partial charge in [-0.3, -0.25) is 0 Å². The second-order valence-corrected chi connectivity index (χ2v) is 4.98. The molecule has 0 fully saturated rings. The number of hydrogen-bond acceptors (Lipinski definition) is 3. The number of nitrogens with zero attached hydrogens (tertiary/aromatic N) is 1. The van der Waals surface area contributed by atoms with Crippen LogP contribution >= 0.6 is 11.6 Å². The quantitative estimate of drug-likeness (QED) is 0.737. The summed E-state index contributed by atoms with van der Waals surface area (Å²) in [4.78, 5) is 0. The van der Waals surface area contributed by atoms with Crippen molar-refractivity contribution in [3.63, 3.8) is 0 Å². The summed E-state index contributed by atoms with van der Waals surface area (Å²) in [5.74, 6) is 1.78. The molecule has 1 aromatic rings. The number of benzene rings is 1. The lowest BCUT2D eigenvalue weighted by Gasteiger charge is -2.16. The van der Waals surface area contributed by atoms with E-state index >= 15 is 0 Å². The first-order valence-electron chi connectivity index (χ1n) is 5.79. The summed E-state index contributed by atoms with van der Waals surface area (Å²) in [6.07, 6.45) is 0.664. The van der Waals surface area contributed by atoms with E-state index in [0.717, 1.165) is 5.56 Å². The van der Waals surface area contributed by atoms with Gasteiger partial charge in [0.15, 0.2) is 11.5 Å². The topological polar surface area (TPSA) is 42.2 Å². The smallest absolute Gasteiger partial charge is 0.161 e. The highest BCUT2D eigenvalue weighted by Gasteiger charge is 2.17. The van der Waals surface area contributed by atoms with Crippen molar-refractivity contribution in [2.75, 3.05) is 13.7 Å². The molecule has 0 spiro atoms. The van der Waals surface area contributed by atoms with Gasteiger partial charge in [-0.05, 0) is 38.0 Å². The second-order valence-electron chi connectivity index (χ2n) is 4.71.